The molecule has 7 rings (SSSR count). The maximum absolute atomic E-state index is 13.3. The second-order valence-electron chi connectivity index (χ2n) is 23.1. The second kappa shape index (κ2) is 20.3. The van der Waals surface area contributed by atoms with E-state index in [2.05, 4.69) is 41.2 Å². The van der Waals surface area contributed by atoms with Crippen molar-refractivity contribution in [2.45, 2.75) is 209 Å². The first kappa shape index (κ1) is 54.6. The topological polar surface area (TPSA) is 232 Å². The summed E-state index contributed by atoms with van der Waals surface area (Å²) in [7, 11) is 0. The van der Waals surface area contributed by atoms with Gasteiger partial charge in [0.2, 0.25) is 0 Å². The van der Waals surface area contributed by atoms with Crippen molar-refractivity contribution in [2.24, 2.45) is 56.7 Å². The molecule has 71 heavy (non-hydrogen) atoms. The van der Waals surface area contributed by atoms with Crippen molar-refractivity contribution in [3.63, 3.8) is 0 Å². The second-order valence-corrected chi connectivity index (χ2v) is 23.1. The Labute approximate surface area is 417 Å². The number of carbonyl (C=O) groups excluding carboxylic acids is 6. The van der Waals surface area contributed by atoms with E-state index < -0.39 is 114 Å². The molecule has 18 heteroatoms. The molecular formula is C53H78O18. The maximum atomic E-state index is 13.3. The van der Waals surface area contributed by atoms with Crippen molar-refractivity contribution in [2.75, 3.05) is 13.2 Å². The predicted octanol–water partition coefficient (Wildman–Crippen LogP) is 6.80. The van der Waals surface area contributed by atoms with Gasteiger partial charge in [0, 0.05) is 47.0 Å². The minimum Gasteiger partial charge on any atom is -0.481 e. The summed E-state index contributed by atoms with van der Waals surface area (Å²) in [5, 5.41) is 10.9. The number of hydrogen-bond acceptors (Lipinski definition) is 17. The van der Waals surface area contributed by atoms with Gasteiger partial charge in [0.25, 0.3) is 0 Å². The van der Waals surface area contributed by atoms with Crippen LogP contribution in [0.5, 0.6) is 0 Å². The average molecular weight is 1000 g/mol. The van der Waals surface area contributed by atoms with Crippen LogP contribution in [0.1, 0.15) is 147 Å². The predicted molar refractivity (Wildman–Crippen MR) is 249 cm³/mol. The highest BCUT2D eigenvalue weighted by molar-refractivity contribution is 5.76. The van der Waals surface area contributed by atoms with E-state index in [1.165, 1.54) is 27.7 Å². The lowest BCUT2D eigenvalue weighted by Gasteiger charge is -2.73. The van der Waals surface area contributed by atoms with Crippen LogP contribution >= 0.6 is 0 Å². The Morgan fingerprint density at radius 3 is 1.79 bits per heavy atom. The Hall–Kier alpha value is -4.13. The number of hydrogen-bond donors (Lipinski definition) is 1. The fourth-order valence-electron chi connectivity index (χ4n) is 16.0. The van der Waals surface area contributed by atoms with Crippen LogP contribution in [-0.4, -0.2) is 122 Å². The van der Waals surface area contributed by atoms with Crippen molar-refractivity contribution in [1.29, 1.82) is 0 Å². The van der Waals surface area contributed by atoms with E-state index in [9.17, 15) is 38.7 Å². The van der Waals surface area contributed by atoms with Gasteiger partial charge >= 0.3 is 41.8 Å². The number of aliphatic carboxylic acids is 1. The van der Waals surface area contributed by atoms with Crippen molar-refractivity contribution in [3.8, 4) is 0 Å². The van der Waals surface area contributed by atoms with Gasteiger partial charge in [-0.2, -0.15) is 0 Å². The molecule has 398 valence electrons. The quantitative estimate of drug-likeness (QED) is 0.0865. The SMILES string of the molecule is C=C(C)C1CC[C@]2(C(=O)O)CC[C@]3(C)C(CCC4[C@@]5(C)CC[C@H](O[C@@H]6OC[C@H](OC(C)=O)[C@H](OC(C)=O)[C@H]6O[C@@H]6O[C@@H](C)[C@H](OC(C)=O)[C@@H](OC(C)=O)[C@H]6OC(C)=O)[C@@](C)(COC(C)=O)C5CC[C@]43C)C12. The van der Waals surface area contributed by atoms with Crippen LogP contribution in [0.15, 0.2) is 12.2 Å². The van der Waals surface area contributed by atoms with E-state index in [-0.39, 0.29) is 59.0 Å². The van der Waals surface area contributed by atoms with Crippen LogP contribution < -0.4 is 0 Å². The molecule has 1 N–H and O–H groups in total. The molecule has 0 bridgehead atoms. The monoisotopic (exact) mass is 1000 g/mol. The largest absolute Gasteiger partial charge is 0.481 e. The Morgan fingerprint density at radius 2 is 1.20 bits per heavy atom. The molecule has 0 radical (unpaired) electrons. The summed E-state index contributed by atoms with van der Waals surface area (Å²) in [6.45, 7) is 24.3. The van der Waals surface area contributed by atoms with Gasteiger partial charge in [-0.1, -0.05) is 39.8 Å². The summed E-state index contributed by atoms with van der Waals surface area (Å²) < 4.78 is 60.9. The molecular weight excluding hydrogens is 925 g/mol. The molecule has 2 aliphatic heterocycles. The third kappa shape index (κ3) is 9.77. The van der Waals surface area contributed by atoms with E-state index in [1.807, 2.05) is 0 Å². The highest BCUT2D eigenvalue weighted by atomic mass is 16.8. The van der Waals surface area contributed by atoms with Gasteiger partial charge in [0.05, 0.1) is 30.8 Å². The summed E-state index contributed by atoms with van der Waals surface area (Å²) in [6.07, 6.45) is -5.20. The normalized spacial score (nSPS) is 44.7. The number of allylic oxidation sites excluding steroid dienone is 1. The van der Waals surface area contributed by atoms with Gasteiger partial charge in [-0.3, -0.25) is 33.6 Å². The van der Waals surface area contributed by atoms with Crippen LogP contribution in [0.3, 0.4) is 0 Å². The maximum Gasteiger partial charge on any atom is 0.309 e. The molecule has 7 fully saturated rings. The van der Waals surface area contributed by atoms with E-state index in [0.717, 1.165) is 64.4 Å². The summed E-state index contributed by atoms with van der Waals surface area (Å²) >= 11 is 0. The molecule has 5 aliphatic carbocycles. The van der Waals surface area contributed by atoms with Gasteiger partial charge in [-0.05, 0) is 124 Å². The summed E-state index contributed by atoms with van der Waals surface area (Å²) in [5.74, 6) is -4.27. The Kier molecular flexibility index (Phi) is 15.6. The molecule has 20 atom stereocenters. The minimum atomic E-state index is -1.59. The molecule has 18 nitrogen and oxygen atoms in total. The smallest absolute Gasteiger partial charge is 0.309 e. The zero-order chi connectivity index (χ0) is 52.3. The highest BCUT2D eigenvalue weighted by Crippen LogP contribution is 2.77. The van der Waals surface area contributed by atoms with Gasteiger partial charge in [-0.15, -0.1) is 0 Å². The molecule has 0 aromatic carbocycles. The third-order valence-corrected chi connectivity index (χ3v) is 19.0. The lowest BCUT2D eigenvalue weighted by molar-refractivity contribution is -0.367. The Morgan fingerprint density at radius 1 is 0.592 bits per heavy atom. The van der Waals surface area contributed by atoms with Crippen LogP contribution in [0.25, 0.3) is 0 Å². The number of carbonyl (C=O) groups is 7. The van der Waals surface area contributed by atoms with Crippen LogP contribution in [-0.2, 0) is 80.9 Å². The number of esters is 6. The fourth-order valence-corrected chi connectivity index (χ4v) is 16.0. The van der Waals surface area contributed by atoms with Crippen LogP contribution in [0.4, 0.5) is 0 Å². The first-order chi connectivity index (χ1) is 33.1. The third-order valence-electron chi connectivity index (χ3n) is 19.0. The fraction of sp³-hybridized carbons (Fsp3) is 0.830. The number of carboxylic acids is 1. The zero-order valence-corrected chi connectivity index (χ0v) is 43.7. The average Bonchev–Trinajstić information content (AvgIpc) is 3.67. The van der Waals surface area contributed by atoms with Gasteiger partial charge in [0.15, 0.2) is 49.2 Å². The number of carboxylic acid groups (broad SMARTS) is 1. The first-order valence-electron chi connectivity index (χ1n) is 25.6. The van der Waals surface area contributed by atoms with Crippen LogP contribution in [0, 0.1) is 56.7 Å². The Bertz CT molecular complexity index is 2110. The molecule has 5 unspecified atom stereocenters. The molecule has 0 aromatic heterocycles. The van der Waals surface area contributed by atoms with Crippen LogP contribution in [0.2, 0.25) is 0 Å². The Balaban J connectivity index is 1.24. The van der Waals surface area contributed by atoms with E-state index in [0.29, 0.717) is 19.3 Å². The number of fused-ring (bicyclic) bond motifs is 7. The van der Waals surface area contributed by atoms with Crippen molar-refractivity contribution < 1.29 is 86.0 Å². The standard InChI is InChI=1S/C53H78O18/c1-26(2)34-16-21-53(48(60)61)23-22-51(12)35(40(34)53)14-15-38-49(10)19-18-39(50(11,25-63-28(4)54)37(49)17-20-52(38,51)13)70-46-44(42(67-31(7)57)36(24-62-46)65-29(5)55)71-47-45(69-33(9)59)43(68-32(8)58)41(27(3)64-47)66-30(6)56/h27,34-47H,1,14-25H2,2-13H3,(H,60,61)/t27-,34?,35?,36-,37?,38?,39-,40?,41-,42-,43+,44+,45+,46-,47-,49-,50-,51+,52+,53-/m0/s1. The van der Waals surface area contributed by atoms with Gasteiger partial charge in [-0.25, -0.2) is 0 Å². The van der Waals surface area contributed by atoms with E-state index in [1.54, 1.807) is 6.92 Å². The molecule has 0 amide bonds. The van der Waals surface area contributed by atoms with E-state index in [4.69, 9.17) is 47.4 Å². The summed E-state index contributed by atoms with van der Waals surface area (Å²) in [4.78, 5) is 89.0. The number of rotatable bonds is 13. The zero-order valence-electron chi connectivity index (χ0n) is 43.7. The molecule has 0 aromatic rings. The lowest BCUT2D eigenvalue weighted by Crippen LogP contribution is -2.68. The highest BCUT2D eigenvalue weighted by Gasteiger charge is 2.73. The van der Waals surface area contributed by atoms with Crippen molar-refractivity contribution >= 4 is 41.8 Å². The van der Waals surface area contributed by atoms with Crippen molar-refractivity contribution in [3.05, 3.63) is 12.2 Å². The van der Waals surface area contributed by atoms with Gasteiger partial charge in [0.1, 0.15) is 0 Å². The first-order valence-corrected chi connectivity index (χ1v) is 25.6. The van der Waals surface area contributed by atoms with Gasteiger partial charge < -0.3 is 52.5 Å². The molecule has 2 heterocycles. The van der Waals surface area contributed by atoms with E-state index >= 15 is 0 Å². The molecule has 5 saturated carbocycles. The summed E-state index contributed by atoms with van der Waals surface area (Å²) in [5.41, 5.74) is -1.03. The summed E-state index contributed by atoms with van der Waals surface area (Å²) in [6, 6.07) is 0. The molecule has 2 saturated heterocycles. The minimum absolute atomic E-state index is 0.0150. The lowest BCUT2D eigenvalue weighted by atomic mass is 9.32. The van der Waals surface area contributed by atoms with Crippen molar-refractivity contribution in [1.82, 2.24) is 0 Å². The molecule has 0 spiro atoms. The molecule has 7 aliphatic rings. The number of ether oxygens (including phenoxy) is 10.